The molecule has 0 aliphatic rings. The summed E-state index contributed by atoms with van der Waals surface area (Å²) in [5.41, 5.74) is 19.5. The van der Waals surface area contributed by atoms with Crippen LogP contribution in [0.25, 0.3) is 82.4 Å². The van der Waals surface area contributed by atoms with Crippen molar-refractivity contribution < 1.29 is 4.42 Å². The van der Waals surface area contributed by atoms with E-state index < -0.39 is 0 Å². The van der Waals surface area contributed by atoms with Gasteiger partial charge in [-0.1, -0.05) is 121 Å². The van der Waals surface area contributed by atoms with Crippen LogP contribution in [0.2, 0.25) is 0 Å². The molecule has 3 aromatic heterocycles. The molecule has 0 fully saturated rings. The molecule has 0 saturated heterocycles. The number of nitrogens with zero attached hydrogens (tertiary/aromatic N) is 2. The zero-order valence-corrected chi connectivity index (χ0v) is 33.4. The minimum absolute atomic E-state index is 0.464. The summed E-state index contributed by atoms with van der Waals surface area (Å²) >= 11 is 0. The van der Waals surface area contributed by atoms with Crippen LogP contribution in [0, 0.1) is 0 Å². The Balaban J connectivity index is 0.000000198. The minimum atomic E-state index is 0.464. The van der Waals surface area contributed by atoms with Crippen LogP contribution in [0.15, 0.2) is 199 Å². The lowest BCUT2D eigenvalue weighted by atomic mass is 10.00. The highest BCUT2D eigenvalue weighted by atomic mass is 16.3. The summed E-state index contributed by atoms with van der Waals surface area (Å²) in [6.45, 7) is 5.71. The number of allylic oxidation sites excluding steroid dienone is 1. The molecular formula is C54H46N4O. The van der Waals surface area contributed by atoms with Gasteiger partial charge < -0.3 is 24.6 Å². The first kappa shape index (κ1) is 37.2. The molecule has 0 spiro atoms. The lowest BCUT2D eigenvalue weighted by Crippen LogP contribution is -2.12. The molecule has 8 aromatic carbocycles. The molecule has 0 radical (unpaired) electrons. The number of rotatable bonds is 6. The molecule has 288 valence electrons. The first-order chi connectivity index (χ1) is 29.1. The quantitative estimate of drug-likeness (QED) is 0.131. The van der Waals surface area contributed by atoms with Gasteiger partial charge in [0.2, 0.25) is 0 Å². The Morgan fingerprint density at radius 3 is 1.86 bits per heavy atom. The molecule has 3 heterocycles. The van der Waals surface area contributed by atoms with Gasteiger partial charge in [0.15, 0.2) is 0 Å². The number of aryl methyl sites for hydroxylation is 1. The molecule has 0 atom stereocenters. The van der Waals surface area contributed by atoms with Crippen molar-refractivity contribution >= 4 is 71.2 Å². The van der Waals surface area contributed by atoms with Crippen LogP contribution in [0.5, 0.6) is 0 Å². The van der Waals surface area contributed by atoms with Crippen molar-refractivity contribution in [1.82, 2.24) is 9.13 Å². The van der Waals surface area contributed by atoms with E-state index in [9.17, 15) is 0 Å². The first-order valence-electron chi connectivity index (χ1n) is 20.1. The van der Waals surface area contributed by atoms with Crippen molar-refractivity contribution in [3.8, 4) is 16.8 Å². The van der Waals surface area contributed by atoms with Crippen molar-refractivity contribution in [3.63, 3.8) is 0 Å². The summed E-state index contributed by atoms with van der Waals surface area (Å²) in [4.78, 5) is 0. The highest BCUT2D eigenvalue weighted by molar-refractivity contribution is 6.17. The highest BCUT2D eigenvalue weighted by Crippen LogP contribution is 2.39. The smallest absolute Gasteiger partial charge is 0.137 e. The molecule has 0 aliphatic carbocycles. The second kappa shape index (κ2) is 16.3. The predicted octanol–water partition coefficient (Wildman–Crippen LogP) is 13.8. The molecule has 3 N–H and O–H groups in total. The number of nitrogens with one attached hydrogen (secondary N) is 1. The molecule has 59 heavy (non-hydrogen) atoms. The van der Waals surface area contributed by atoms with E-state index in [4.69, 9.17) is 10.2 Å². The average molecular weight is 767 g/mol. The Morgan fingerprint density at radius 2 is 1.12 bits per heavy atom. The molecule has 0 bridgehead atoms. The summed E-state index contributed by atoms with van der Waals surface area (Å²) in [5.74, 6) is 0. The highest BCUT2D eigenvalue weighted by Gasteiger charge is 2.16. The van der Waals surface area contributed by atoms with Crippen molar-refractivity contribution in [2.75, 3.05) is 12.0 Å². The Labute approximate surface area is 344 Å². The van der Waals surface area contributed by atoms with Gasteiger partial charge >= 0.3 is 0 Å². The Morgan fingerprint density at radius 1 is 0.542 bits per heavy atom. The fourth-order valence-electron chi connectivity index (χ4n) is 8.39. The van der Waals surface area contributed by atoms with Crippen molar-refractivity contribution in [2.24, 2.45) is 12.8 Å². The third kappa shape index (κ3) is 7.03. The van der Waals surface area contributed by atoms with Crippen LogP contribution in [0.3, 0.4) is 0 Å². The SMILES string of the molecule is C=CC.Cn1c2ccc(-c3ccc4c(c3)c3ccccc3n4-c3ccccc3)cc2c2cc3c(cc21)oc1ccccc13.NCNc1ccccc1Cc1ccccc1. The van der Waals surface area contributed by atoms with E-state index in [2.05, 4.69) is 186 Å². The molecule has 5 nitrogen and oxygen atoms in total. The van der Waals surface area contributed by atoms with Crippen LogP contribution < -0.4 is 11.1 Å². The monoisotopic (exact) mass is 766 g/mol. The van der Waals surface area contributed by atoms with Crippen molar-refractivity contribution in [3.05, 3.63) is 206 Å². The molecule has 11 aromatic rings. The van der Waals surface area contributed by atoms with Crippen molar-refractivity contribution in [1.29, 1.82) is 0 Å². The first-order valence-corrected chi connectivity index (χ1v) is 20.1. The van der Waals surface area contributed by atoms with E-state index >= 15 is 0 Å². The normalized spacial score (nSPS) is 11.2. The van der Waals surface area contributed by atoms with Gasteiger partial charge in [0, 0.05) is 62.3 Å². The second-order valence-electron chi connectivity index (χ2n) is 14.8. The average Bonchev–Trinajstić information content (AvgIpc) is 3.91. The molecule has 0 aliphatic heterocycles. The number of furan rings is 1. The van der Waals surface area contributed by atoms with Gasteiger partial charge in [-0.2, -0.15) is 0 Å². The Hall–Kier alpha value is -7.34. The number of anilines is 1. The van der Waals surface area contributed by atoms with Crippen LogP contribution in [0.1, 0.15) is 18.1 Å². The summed E-state index contributed by atoms with van der Waals surface area (Å²) < 4.78 is 10.8. The van der Waals surface area contributed by atoms with Crippen molar-refractivity contribution in [2.45, 2.75) is 13.3 Å². The maximum Gasteiger partial charge on any atom is 0.137 e. The van der Waals surface area contributed by atoms with Gasteiger partial charge in [-0.15, -0.1) is 6.58 Å². The number of hydrogen-bond acceptors (Lipinski definition) is 3. The number of nitrogens with two attached hydrogens (primary N) is 1. The van der Waals surface area contributed by atoms with E-state index in [0.717, 1.165) is 34.0 Å². The van der Waals surface area contributed by atoms with Crippen LogP contribution in [0.4, 0.5) is 5.69 Å². The number of aromatic nitrogens is 2. The summed E-state index contributed by atoms with van der Waals surface area (Å²) in [5, 5.41) is 10.5. The molecule has 0 saturated carbocycles. The third-order valence-electron chi connectivity index (χ3n) is 11.1. The maximum absolute atomic E-state index is 6.20. The minimum Gasteiger partial charge on any atom is -0.456 e. The summed E-state index contributed by atoms with van der Waals surface area (Å²) in [7, 11) is 2.14. The van der Waals surface area contributed by atoms with Crippen LogP contribution in [-0.4, -0.2) is 15.8 Å². The Bertz CT molecular complexity index is 3240. The van der Waals surface area contributed by atoms with Crippen LogP contribution >= 0.6 is 0 Å². The van der Waals surface area contributed by atoms with Gasteiger partial charge in [-0.05, 0) is 96.3 Å². The number of hydrogen-bond donors (Lipinski definition) is 2. The molecular weight excluding hydrogens is 721 g/mol. The molecule has 11 rings (SSSR count). The van der Waals surface area contributed by atoms with E-state index in [1.54, 1.807) is 6.08 Å². The largest absolute Gasteiger partial charge is 0.456 e. The lowest BCUT2D eigenvalue weighted by Gasteiger charge is -2.10. The number of benzene rings is 8. The van der Waals surface area contributed by atoms with Gasteiger partial charge in [-0.3, -0.25) is 0 Å². The molecule has 0 amide bonds. The van der Waals surface area contributed by atoms with Crippen LogP contribution in [-0.2, 0) is 13.5 Å². The summed E-state index contributed by atoms with van der Waals surface area (Å²) in [6.07, 6.45) is 2.68. The third-order valence-corrected chi connectivity index (χ3v) is 11.1. The maximum atomic E-state index is 6.20. The molecule has 0 unspecified atom stereocenters. The van der Waals surface area contributed by atoms with E-state index in [1.807, 2.05) is 31.2 Å². The van der Waals surface area contributed by atoms with Gasteiger partial charge in [0.1, 0.15) is 11.2 Å². The van der Waals surface area contributed by atoms with E-state index in [1.165, 1.54) is 71.6 Å². The fourth-order valence-corrected chi connectivity index (χ4v) is 8.39. The molecule has 5 heteroatoms. The zero-order chi connectivity index (χ0) is 40.3. The fraction of sp³-hybridized carbons (Fsp3) is 0.0741. The number of fused-ring (bicyclic) bond motifs is 9. The number of para-hydroxylation sites is 4. The van der Waals surface area contributed by atoms with Gasteiger partial charge in [-0.25, -0.2) is 0 Å². The second-order valence-corrected chi connectivity index (χ2v) is 14.8. The predicted molar refractivity (Wildman–Crippen MR) is 252 cm³/mol. The van der Waals surface area contributed by atoms with E-state index in [-0.39, 0.29) is 0 Å². The summed E-state index contributed by atoms with van der Waals surface area (Å²) in [6, 6.07) is 64.5. The lowest BCUT2D eigenvalue weighted by molar-refractivity contribution is 0.669. The standard InChI is InChI=1S/C37H24N2O.C14H16N2.C3H6/c1-38-32-17-15-23(20-29(32)30-21-31-27-12-6-8-14-36(27)40-37(31)22-35(30)38)24-16-18-34-28(19-24)26-11-5-7-13-33(26)39(34)25-9-3-2-4-10-25;15-11-16-14-9-5-4-8-13(14)10-12-6-2-1-3-7-12;1-3-2/h2-22H,1H3;1-9,16H,10-11,15H2;3H,1H2,2H3. The van der Waals surface area contributed by atoms with Gasteiger partial charge in [0.05, 0.1) is 23.2 Å². The zero-order valence-electron chi connectivity index (χ0n) is 33.4. The van der Waals surface area contributed by atoms with E-state index in [0.29, 0.717) is 6.67 Å². The van der Waals surface area contributed by atoms with Gasteiger partial charge in [0.25, 0.3) is 0 Å². The Kier molecular flexibility index (Phi) is 10.3. The topological polar surface area (TPSA) is 61.0 Å².